The molecule has 8 nitrogen and oxygen atoms in total. The van der Waals surface area contributed by atoms with Crippen molar-refractivity contribution >= 4 is 22.6 Å². The predicted octanol–water partition coefficient (Wildman–Crippen LogP) is 2.65. The Morgan fingerprint density at radius 2 is 2.03 bits per heavy atom. The lowest BCUT2D eigenvalue weighted by molar-refractivity contribution is -0.161. The Balaban J connectivity index is 1.59. The Bertz CT molecular complexity index is 1210. The van der Waals surface area contributed by atoms with Crippen molar-refractivity contribution in [1.82, 2.24) is 25.7 Å². The van der Waals surface area contributed by atoms with E-state index in [0.717, 1.165) is 5.01 Å². The van der Waals surface area contributed by atoms with Gasteiger partial charge in [0.15, 0.2) is 11.1 Å². The van der Waals surface area contributed by atoms with Gasteiger partial charge >= 0.3 is 6.18 Å². The quantitative estimate of drug-likeness (QED) is 0.573. The molecule has 5 rings (SSSR count). The first-order chi connectivity index (χ1) is 14.8. The number of nitrogens with one attached hydrogen (secondary N) is 2. The fraction of sp³-hybridized carbons (Fsp3) is 0.250. The second-order valence-electron chi connectivity index (χ2n) is 7.37. The molecule has 31 heavy (non-hydrogen) atoms. The van der Waals surface area contributed by atoms with E-state index in [9.17, 15) is 23.1 Å². The van der Waals surface area contributed by atoms with Crippen LogP contribution in [0.4, 0.5) is 13.2 Å². The number of phenolic OH excluding ortho intramolecular Hbond substituents is 1. The van der Waals surface area contributed by atoms with E-state index in [1.54, 1.807) is 31.2 Å². The van der Waals surface area contributed by atoms with Gasteiger partial charge in [-0.3, -0.25) is 9.78 Å². The van der Waals surface area contributed by atoms with Gasteiger partial charge in [0.05, 0.1) is 5.92 Å². The minimum absolute atomic E-state index is 0.0212. The Hall–Kier alpha value is -3.60. The van der Waals surface area contributed by atoms with Crippen LogP contribution < -0.4 is 10.7 Å². The third kappa shape index (κ3) is 3.00. The molecule has 4 heterocycles. The summed E-state index contributed by atoms with van der Waals surface area (Å²) in [6.07, 6.45) is -2.78. The number of fused-ring (bicyclic) bond motifs is 2. The fourth-order valence-electron chi connectivity index (χ4n) is 4.08. The number of benzene rings is 1. The average Bonchev–Trinajstić information content (AvgIpc) is 3.31. The van der Waals surface area contributed by atoms with E-state index in [4.69, 9.17) is 4.42 Å². The summed E-state index contributed by atoms with van der Waals surface area (Å²) >= 11 is 0. The van der Waals surface area contributed by atoms with Gasteiger partial charge in [-0.05, 0) is 30.7 Å². The highest BCUT2D eigenvalue weighted by Gasteiger charge is 2.58. The minimum atomic E-state index is -4.61. The molecule has 2 aliphatic rings. The van der Waals surface area contributed by atoms with E-state index in [2.05, 4.69) is 20.7 Å². The summed E-state index contributed by atoms with van der Waals surface area (Å²) in [5.41, 5.74) is 3.35. The van der Waals surface area contributed by atoms with Crippen LogP contribution >= 0.6 is 0 Å². The van der Waals surface area contributed by atoms with Gasteiger partial charge in [0.2, 0.25) is 5.89 Å². The highest BCUT2D eigenvalue weighted by Crippen LogP contribution is 2.42. The van der Waals surface area contributed by atoms with Crippen molar-refractivity contribution in [2.45, 2.75) is 31.2 Å². The molecule has 3 atom stereocenters. The number of hydrazine groups is 1. The lowest BCUT2D eigenvalue weighted by Gasteiger charge is -2.34. The van der Waals surface area contributed by atoms with Crippen molar-refractivity contribution in [3.05, 3.63) is 59.9 Å². The lowest BCUT2D eigenvalue weighted by atomic mass is 9.90. The van der Waals surface area contributed by atoms with Gasteiger partial charge < -0.3 is 14.8 Å². The summed E-state index contributed by atoms with van der Waals surface area (Å²) in [5, 5.41) is 13.9. The lowest BCUT2D eigenvalue weighted by Crippen LogP contribution is -2.54. The van der Waals surface area contributed by atoms with Crippen LogP contribution in [0.3, 0.4) is 0 Å². The van der Waals surface area contributed by atoms with Crippen LogP contribution in [0.1, 0.15) is 24.3 Å². The highest BCUT2D eigenvalue weighted by atomic mass is 19.4. The van der Waals surface area contributed by atoms with Crippen molar-refractivity contribution in [3.8, 4) is 5.75 Å². The number of aromatic hydroxyl groups is 1. The summed E-state index contributed by atoms with van der Waals surface area (Å²) in [4.78, 5) is 21.4. The second-order valence-corrected chi connectivity index (χ2v) is 7.37. The highest BCUT2D eigenvalue weighted by molar-refractivity contribution is 6.20. The van der Waals surface area contributed by atoms with Gasteiger partial charge in [0, 0.05) is 18.1 Å². The predicted molar refractivity (Wildman–Crippen MR) is 102 cm³/mol. The second kappa shape index (κ2) is 6.71. The molecule has 160 valence electrons. The van der Waals surface area contributed by atoms with Crippen LogP contribution in [0.2, 0.25) is 0 Å². The fourth-order valence-corrected chi connectivity index (χ4v) is 4.08. The number of para-hydroxylation sites is 1. The topological polar surface area (TPSA) is 104 Å². The van der Waals surface area contributed by atoms with Crippen LogP contribution in [0.25, 0.3) is 16.7 Å². The number of hydrogen-bond acceptors (Lipinski definition) is 7. The Morgan fingerprint density at radius 3 is 2.71 bits per heavy atom. The molecular formula is C20H16F3N5O3. The molecule has 11 heteroatoms. The zero-order valence-electron chi connectivity index (χ0n) is 16.0. The zero-order chi connectivity index (χ0) is 21.9. The first-order valence-corrected chi connectivity index (χ1v) is 9.38. The SMILES string of the molecule is CC1=C(c2nc3c(O)cccc3o2)C(=O)N2NC(C(F)(F)F)C(c3cccnc3)C2N1. The summed E-state index contributed by atoms with van der Waals surface area (Å²) in [7, 11) is 0. The Kier molecular flexibility index (Phi) is 4.19. The number of carbonyl (C=O) groups is 1. The van der Waals surface area contributed by atoms with Crippen molar-refractivity contribution in [2.75, 3.05) is 0 Å². The normalized spacial score (nSPS) is 23.9. The van der Waals surface area contributed by atoms with Crippen LogP contribution in [0, 0.1) is 0 Å². The molecule has 1 fully saturated rings. The molecule has 0 bridgehead atoms. The molecule has 0 spiro atoms. The zero-order valence-corrected chi connectivity index (χ0v) is 16.0. The number of alkyl halides is 3. The van der Waals surface area contributed by atoms with E-state index in [1.807, 2.05) is 0 Å². The molecular weight excluding hydrogens is 415 g/mol. The number of halogens is 3. The van der Waals surface area contributed by atoms with E-state index in [1.165, 1.54) is 18.5 Å². The number of pyridine rings is 1. The van der Waals surface area contributed by atoms with Crippen LogP contribution in [0.5, 0.6) is 5.75 Å². The number of nitrogens with zero attached hydrogens (tertiary/aromatic N) is 3. The van der Waals surface area contributed by atoms with Crippen molar-refractivity contribution in [2.24, 2.45) is 0 Å². The monoisotopic (exact) mass is 431 g/mol. The summed E-state index contributed by atoms with van der Waals surface area (Å²) in [5.74, 6) is -2.07. The maximum absolute atomic E-state index is 13.8. The molecule has 0 saturated carbocycles. The largest absolute Gasteiger partial charge is 0.506 e. The van der Waals surface area contributed by atoms with Gasteiger partial charge in [0.25, 0.3) is 5.91 Å². The molecule has 3 unspecified atom stereocenters. The van der Waals surface area contributed by atoms with Gasteiger partial charge in [-0.15, -0.1) is 0 Å². The number of phenols is 1. The molecule has 1 saturated heterocycles. The molecule has 3 aromatic rings. The first-order valence-electron chi connectivity index (χ1n) is 9.38. The van der Waals surface area contributed by atoms with E-state index in [0.29, 0.717) is 11.3 Å². The number of rotatable bonds is 2. The molecule has 1 aromatic carbocycles. The summed E-state index contributed by atoms with van der Waals surface area (Å²) in [6, 6.07) is 5.64. The Morgan fingerprint density at radius 1 is 1.23 bits per heavy atom. The van der Waals surface area contributed by atoms with Crippen LogP contribution in [0.15, 0.2) is 52.8 Å². The summed E-state index contributed by atoms with van der Waals surface area (Å²) < 4.78 is 47.1. The van der Waals surface area contributed by atoms with E-state index in [-0.39, 0.29) is 28.3 Å². The number of carbonyl (C=O) groups excluding carboxylic acids is 1. The number of hydrogen-bond donors (Lipinski definition) is 3. The third-order valence-electron chi connectivity index (χ3n) is 5.46. The summed E-state index contributed by atoms with van der Waals surface area (Å²) in [6.45, 7) is 1.57. The van der Waals surface area contributed by atoms with E-state index < -0.39 is 30.2 Å². The molecule has 0 radical (unpaired) electrons. The molecule has 3 N–H and O–H groups in total. The number of aromatic nitrogens is 2. The van der Waals surface area contributed by atoms with E-state index >= 15 is 0 Å². The average molecular weight is 431 g/mol. The number of amides is 1. The molecule has 2 aromatic heterocycles. The number of oxazole rings is 1. The standard InChI is InChI=1S/C20H16F3N5O3/c1-9-13(18-26-15-11(29)5-2-6-12(15)31-18)19(30)28-17(25-9)14(10-4-3-7-24-8-10)16(27-28)20(21,22)23/h2-8,14,16-17,25,27,29H,1H3. The molecule has 1 amide bonds. The van der Waals surface area contributed by atoms with Gasteiger partial charge in [-0.2, -0.15) is 13.2 Å². The van der Waals surface area contributed by atoms with Crippen molar-refractivity contribution in [3.63, 3.8) is 0 Å². The number of allylic oxidation sites excluding steroid dienone is 1. The van der Waals surface area contributed by atoms with Crippen LogP contribution in [-0.4, -0.2) is 44.4 Å². The first kappa shape index (κ1) is 19.4. The van der Waals surface area contributed by atoms with Gasteiger partial charge in [-0.1, -0.05) is 12.1 Å². The maximum Gasteiger partial charge on any atom is 0.406 e. The third-order valence-corrected chi connectivity index (χ3v) is 5.46. The molecule has 0 aliphatic carbocycles. The van der Waals surface area contributed by atoms with Crippen molar-refractivity contribution in [1.29, 1.82) is 0 Å². The van der Waals surface area contributed by atoms with Crippen molar-refractivity contribution < 1.29 is 27.5 Å². The maximum atomic E-state index is 13.8. The van der Waals surface area contributed by atoms with Gasteiger partial charge in [-0.25, -0.2) is 15.4 Å². The minimum Gasteiger partial charge on any atom is -0.506 e. The Labute approximate surface area is 173 Å². The van der Waals surface area contributed by atoms with Gasteiger partial charge in [0.1, 0.15) is 23.5 Å². The van der Waals surface area contributed by atoms with Crippen LogP contribution in [-0.2, 0) is 4.79 Å². The smallest absolute Gasteiger partial charge is 0.406 e. The molecule has 2 aliphatic heterocycles.